The van der Waals surface area contributed by atoms with Crippen molar-refractivity contribution in [2.24, 2.45) is 5.92 Å². The van der Waals surface area contributed by atoms with Crippen LogP contribution in [0.5, 0.6) is 0 Å². The Hall–Kier alpha value is -2.42. The summed E-state index contributed by atoms with van der Waals surface area (Å²) in [5, 5.41) is 4.87. The Balaban J connectivity index is 2.39. The summed E-state index contributed by atoms with van der Waals surface area (Å²) in [6.07, 6.45) is 0.398. The van der Waals surface area contributed by atoms with Gasteiger partial charge in [0.2, 0.25) is 0 Å². The fraction of sp³-hybridized carbons (Fsp3) is 0.444. The van der Waals surface area contributed by atoms with Gasteiger partial charge in [0.25, 0.3) is 11.8 Å². The van der Waals surface area contributed by atoms with Crippen molar-refractivity contribution in [3.63, 3.8) is 0 Å². The number of hydrogen-bond acceptors (Lipinski definition) is 6. The molecule has 0 aromatic heterocycles. The summed E-state index contributed by atoms with van der Waals surface area (Å²) in [5.74, 6) is -2.24. The van der Waals surface area contributed by atoms with Crippen LogP contribution in [-0.2, 0) is 23.9 Å². The summed E-state index contributed by atoms with van der Waals surface area (Å²) in [4.78, 5) is 47.1. The Morgan fingerprint density at radius 3 is 2.30 bits per heavy atom. The van der Waals surface area contributed by atoms with E-state index in [1.807, 2.05) is 13.8 Å². The van der Waals surface area contributed by atoms with Gasteiger partial charge in [0, 0.05) is 10.0 Å². The van der Waals surface area contributed by atoms with Gasteiger partial charge in [0.15, 0.2) is 6.61 Å². The number of methoxy groups -OCH3 is 1. The first kappa shape index (κ1) is 22.6. The van der Waals surface area contributed by atoms with Crippen LogP contribution in [0.25, 0.3) is 0 Å². The Morgan fingerprint density at radius 2 is 1.74 bits per heavy atom. The van der Waals surface area contributed by atoms with Crippen molar-refractivity contribution in [1.29, 1.82) is 0 Å². The molecular formula is C18H23BrN2O6. The topological polar surface area (TPSA) is 111 Å². The molecule has 0 aliphatic carbocycles. The molecular weight excluding hydrogens is 420 g/mol. The van der Waals surface area contributed by atoms with E-state index in [0.717, 1.165) is 4.47 Å². The van der Waals surface area contributed by atoms with E-state index in [9.17, 15) is 19.2 Å². The van der Waals surface area contributed by atoms with Gasteiger partial charge in [-0.15, -0.1) is 0 Å². The van der Waals surface area contributed by atoms with E-state index in [1.165, 1.54) is 7.11 Å². The van der Waals surface area contributed by atoms with Gasteiger partial charge in [-0.2, -0.15) is 0 Å². The van der Waals surface area contributed by atoms with E-state index in [4.69, 9.17) is 4.74 Å². The van der Waals surface area contributed by atoms with E-state index in [0.29, 0.717) is 12.0 Å². The second kappa shape index (κ2) is 11.3. The van der Waals surface area contributed by atoms with E-state index >= 15 is 0 Å². The lowest BCUT2D eigenvalue weighted by Crippen LogP contribution is -2.44. The molecule has 2 amide bonds. The number of ether oxygens (including phenoxy) is 2. The van der Waals surface area contributed by atoms with Gasteiger partial charge in [0.1, 0.15) is 12.6 Å². The lowest BCUT2D eigenvalue weighted by molar-refractivity contribution is -0.149. The number of halogens is 1. The molecule has 1 aromatic carbocycles. The lowest BCUT2D eigenvalue weighted by atomic mass is 10.0. The summed E-state index contributed by atoms with van der Waals surface area (Å²) in [6.45, 7) is 2.86. The van der Waals surface area contributed by atoms with Gasteiger partial charge < -0.3 is 20.1 Å². The summed E-state index contributed by atoms with van der Waals surface area (Å²) >= 11 is 3.26. The second-order valence-corrected chi connectivity index (χ2v) is 7.04. The summed E-state index contributed by atoms with van der Waals surface area (Å²) in [7, 11) is 1.23. The van der Waals surface area contributed by atoms with Crippen LogP contribution in [-0.4, -0.2) is 50.1 Å². The highest BCUT2D eigenvalue weighted by atomic mass is 79.9. The molecule has 0 heterocycles. The average molecular weight is 443 g/mol. The highest BCUT2D eigenvalue weighted by Gasteiger charge is 2.23. The van der Waals surface area contributed by atoms with Crippen LogP contribution in [0.15, 0.2) is 28.7 Å². The van der Waals surface area contributed by atoms with Gasteiger partial charge in [-0.3, -0.25) is 14.4 Å². The van der Waals surface area contributed by atoms with Crippen LogP contribution in [0.1, 0.15) is 30.6 Å². The van der Waals surface area contributed by atoms with E-state index in [2.05, 4.69) is 31.3 Å². The van der Waals surface area contributed by atoms with Crippen LogP contribution in [0.4, 0.5) is 0 Å². The van der Waals surface area contributed by atoms with Crippen molar-refractivity contribution in [1.82, 2.24) is 10.6 Å². The molecule has 1 rings (SSSR count). The molecule has 0 spiro atoms. The molecule has 0 radical (unpaired) electrons. The van der Waals surface area contributed by atoms with Gasteiger partial charge in [-0.05, 0) is 36.6 Å². The predicted octanol–water partition coefficient (Wildman–Crippen LogP) is 1.43. The maximum absolute atomic E-state index is 11.9. The largest absolute Gasteiger partial charge is 0.467 e. The van der Waals surface area contributed by atoms with Crippen molar-refractivity contribution in [3.05, 3.63) is 34.3 Å². The summed E-state index contributed by atoms with van der Waals surface area (Å²) < 4.78 is 10.3. The molecule has 0 fully saturated rings. The molecule has 27 heavy (non-hydrogen) atoms. The molecule has 1 aromatic rings. The number of carbonyl (C=O) groups excluding carboxylic acids is 4. The van der Waals surface area contributed by atoms with Gasteiger partial charge >= 0.3 is 11.9 Å². The van der Waals surface area contributed by atoms with Crippen molar-refractivity contribution >= 4 is 39.7 Å². The number of carbonyl (C=O) groups is 4. The molecule has 0 aliphatic rings. The molecule has 1 atom stereocenters. The van der Waals surface area contributed by atoms with Gasteiger partial charge in [-0.25, -0.2) is 4.79 Å². The van der Waals surface area contributed by atoms with Crippen molar-refractivity contribution in [3.8, 4) is 0 Å². The monoisotopic (exact) mass is 442 g/mol. The first-order valence-corrected chi connectivity index (χ1v) is 9.08. The molecule has 2 N–H and O–H groups in total. The predicted molar refractivity (Wildman–Crippen MR) is 101 cm³/mol. The number of amides is 2. The lowest BCUT2D eigenvalue weighted by Gasteiger charge is -2.18. The zero-order valence-electron chi connectivity index (χ0n) is 15.4. The second-order valence-electron chi connectivity index (χ2n) is 6.12. The molecule has 0 saturated heterocycles. The first-order valence-electron chi connectivity index (χ1n) is 8.29. The smallest absolute Gasteiger partial charge is 0.328 e. The first-order chi connectivity index (χ1) is 12.7. The maximum Gasteiger partial charge on any atom is 0.328 e. The minimum atomic E-state index is -0.807. The fourth-order valence-corrected chi connectivity index (χ4v) is 2.38. The SMILES string of the molecule is COC(=O)C(CC(C)C)NC(=O)COC(=O)CNC(=O)c1ccc(Br)cc1. The zero-order chi connectivity index (χ0) is 20.4. The Labute approximate surface area is 166 Å². The normalized spacial score (nSPS) is 11.4. The van der Waals surface area contributed by atoms with Crippen LogP contribution in [0.2, 0.25) is 0 Å². The quantitative estimate of drug-likeness (QED) is 0.559. The number of nitrogens with one attached hydrogen (secondary N) is 2. The molecule has 1 unspecified atom stereocenters. The molecule has 0 saturated carbocycles. The molecule has 9 heteroatoms. The maximum atomic E-state index is 11.9. The molecule has 0 bridgehead atoms. The van der Waals surface area contributed by atoms with E-state index < -0.39 is 36.4 Å². The molecule has 148 valence electrons. The Bertz CT molecular complexity index is 675. The van der Waals surface area contributed by atoms with Gasteiger partial charge in [-0.1, -0.05) is 29.8 Å². The van der Waals surface area contributed by atoms with Crippen molar-refractivity contribution in [2.45, 2.75) is 26.3 Å². The summed E-state index contributed by atoms with van der Waals surface area (Å²) in [5.41, 5.74) is 0.387. The third kappa shape index (κ3) is 8.67. The highest BCUT2D eigenvalue weighted by molar-refractivity contribution is 9.10. The fourth-order valence-electron chi connectivity index (χ4n) is 2.12. The van der Waals surface area contributed by atoms with Crippen LogP contribution in [0.3, 0.4) is 0 Å². The molecule has 0 aliphatic heterocycles. The minimum absolute atomic E-state index is 0.158. The van der Waals surface area contributed by atoms with Crippen LogP contribution < -0.4 is 10.6 Å². The average Bonchev–Trinajstić information content (AvgIpc) is 2.63. The van der Waals surface area contributed by atoms with E-state index in [1.54, 1.807) is 24.3 Å². The number of hydrogen-bond donors (Lipinski definition) is 2. The number of benzene rings is 1. The minimum Gasteiger partial charge on any atom is -0.467 e. The zero-order valence-corrected chi connectivity index (χ0v) is 17.0. The van der Waals surface area contributed by atoms with Crippen molar-refractivity contribution < 1.29 is 28.7 Å². The molecule has 8 nitrogen and oxygen atoms in total. The number of esters is 2. The van der Waals surface area contributed by atoms with Gasteiger partial charge in [0.05, 0.1) is 7.11 Å². The van der Waals surface area contributed by atoms with Crippen LogP contribution >= 0.6 is 15.9 Å². The third-order valence-corrected chi connectivity index (χ3v) is 3.92. The Kier molecular flexibility index (Phi) is 9.49. The standard InChI is InChI=1S/C18H23BrN2O6/c1-11(2)8-14(18(25)26-3)21-15(22)10-27-16(23)9-20-17(24)12-4-6-13(19)7-5-12/h4-7,11,14H,8-10H2,1-3H3,(H,20,24)(H,21,22). The highest BCUT2D eigenvalue weighted by Crippen LogP contribution is 2.10. The van der Waals surface area contributed by atoms with Crippen LogP contribution in [0, 0.1) is 5.92 Å². The third-order valence-electron chi connectivity index (χ3n) is 3.39. The Morgan fingerprint density at radius 1 is 1.11 bits per heavy atom. The van der Waals surface area contributed by atoms with Crippen molar-refractivity contribution in [2.75, 3.05) is 20.3 Å². The number of rotatable bonds is 9. The van der Waals surface area contributed by atoms with E-state index in [-0.39, 0.29) is 12.5 Å². The summed E-state index contributed by atoms with van der Waals surface area (Å²) in [6, 6.07) is 5.79.